The topological polar surface area (TPSA) is 77.2 Å². The van der Waals surface area contributed by atoms with Crippen molar-refractivity contribution in [1.29, 1.82) is 5.26 Å². The predicted octanol–water partition coefficient (Wildman–Crippen LogP) is 3.06. The van der Waals surface area contributed by atoms with Crippen LogP contribution in [0.3, 0.4) is 0 Å². The van der Waals surface area contributed by atoms with Crippen LogP contribution in [0.1, 0.15) is 30.8 Å². The largest absolute Gasteiger partial charge is 0.477 e. The highest BCUT2D eigenvalue weighted by Crippen LogP contribution is 2.28. The fourth-order valence-corrected chi connectivity index (χ4v) is 2.33. The Hall–Kier alpha value is -2.61. The summed E-state index contributed by atoms with van der Waals surface area (Å²) in [6.45, 7) is 4.60. The SMILES string of the molecule is CC(C)N(CCC#N)c1cc(C(=O)O)nc2ccccc12. The zero-order valence-corrected chi connectivity index (χ0v) is 12.1. The molecule has 2 aromatic rings. The Morgan fingerprint density at radius 1 is 1.43 bits per heavy atom. The molecular formula is C16H17N3O2. The third-order valence-electron chi connectivity index (χ3n) is 3.31. The normalized spacial score (nSPS) is 10.6. The van der Waals surface area contributed by atoms with Gasteiger partial charge in [-0.25, -0.2) is 9.78 Å². The van der Waals surface area contributed by atoms with E-state index < -0.39 is 5.97 Å². The maximum Gasteiger partial charge on any atom is 0.354 e. The van der Waals surface area contributed by atoms with Gasteiger partial charge in [0, 0.05) is 23.7 Å². The molecule has 5 heteroatoms. The van der Waals surface area contributed by atoms with E-state index in [1.54, 1.807) is 12.1 Å². The maximum absolute atomic E-state index is 11.3. The van der Waals surface area contributed by atoms with Crippen LogP contribution in [0.4, 0.5) is 5.69 Å². The third kappa shape index (κ3) is 3.11. The molecule has 1 N–H and O–H groups in total. The summed E-state index contributed by atoms with van der Waals surface area (Å²) < 4.78 is 0. The molecule has 1 heterocycles. The van der Waals surface area contributed by atoms with Gasteiger partial charge >= 0.3 is 5.97 Å². The first kappa shape index (κ1) is 14.8. The zero-order valence-electron chi connectivity index (χ0n) is 12.1. The number of hydrogen-bond donors (Lipinski definition) is 1. The van der Waals surface area contributed by atoms with Crippen LogP contribution in [0.5, 0.6) is 0 Å². The number of fused-ring (bicyclic) bond motifs is 1. The van der Waals surface area contributed by atoms with Gasteiger partial charge in [-0.05, 0) is 26.0 Å². The van der Waals surface area contributed by atoms with Gasteiger partial charge < -0.3 is 10.0 Å². The maximum atomic E-state index is 11.3. The molecule has 0 saturated carbocycles. The number of benzene rings is 1. The van der Waals surface area contributed by atoms with Crippen molar-refractivity contribution < 1.29 is 9.90 Å². The molecule has 0 saturated heterocycles. The first-order valence-corrected chi connectivity index (χ1v) is 6.81. The van der Waals surface area contributed by atoms with Crippen LogP contribution in [-0.2, 0) is 0 Å². The monoisotopic (exact) mass is 283 g/mol. The molecule has 0 amide bonds. The van der Waals surface area contributed by atoms with Crippen LogP contribution < -0.4 is 4.90 Å². The summed E-state index contributed by atoms with van der Waals surface area (Å²) in [6.07, 6.45) is 0.386. The standard InChI is InChI=1S/C16H17N3O2/c1-11(2)19(9-5-8-17)15-10-14(16(20)21)18-13-7-4-3-6-12(13)15/h3-4,6-7,10-11H,5,9H2,1-2H3,(H,20,21). The van der Waals surface area contributed by atoms with E-state index in [1.165, 1.54) is 0 Å². The van der Waals surface area contributed by atoms with E-state index in [9.17, 15) is 9.90 Å². The molecule has 0 radical (unpaired) electrons. The molecule has 0 fully saturated rings. The van der Waals surface area contributed by atoms with Crippen LogP contribution >= 0.6 is 0 Å². The van der Waals surface area contributed by atoms with Crippen molar-refractivity contribution in [2.24, 2.45) is 0 Å². The summed E-state index contributed by atoms with van der Waals surface area (Å²) >= 11 is 0. The number of pyridine rings is 1. The predicted molar refractivity (Wildman–Crippen MR) is 81.4 cm³/mol. The van der Waals surface area contributed by atoms with Gasteiger partial charge in [0.2, 0.25) is 0 Å². The molecule has 0 aliphatic carbocycles. The van der Waals surface area contributed by atoms with Gasteiger partial charge in [-0.2, -0.15) is 5.26 Å². The number of anilines is 1. The van der Waals surface area contributed by atoms with Crippen molar-refractivity contribution >= 4 is 22.6 Å². The molecule has 1 aromatic carbocycles. The Balaban J connectivity index is 2.63. The van der Waals surface area contributed by atoms with Gasteiger partial charge in [0.1, 0.15) is 0 Å². The molecule has 5 nitrogen and oxygen atoms in total. The number of aromatic nitrogens is 1. The van der Waals surface area contributed by atoms with Gasteiger partial charge in [0.25, 0.3) is 0 Å². The van der Waals surface area contributed by atoms with Gasteiger partial charge in [0.05, 0.1) is 18.0 Å². The zero-order chi connectivity index (χ0) is 15.4. The lowest BCUT2D eigenvalue weighted by Gasteiger charge is -2.29. The quantitative estimate of drug-likeness (QED) is 0.912. The fourth-order valence-electron chi connectivity index (χ4n) is 2.33. The van der Waals surface area contributed by atoms with Crippen molar-refractivity contribution in [1.82, 2.24) is 4.98 Å². The molecule has 21 heavy (non-hydrogen) atoms. The second-order valence-electron chi connectivity index (χ2n) is 5.04. The second kappa shape index (κ2) is 6.23. The van der Waals surface area contributed by atoms with Crippen LogP contribution in [-0.4, -0.2) is 28.6 Å². The smallest absolute Gasteiger partial charge is 0.354 e. The van der Waals surface area contributed by atoms with Crippen molar-refractivity contribution in [2.75, 3.05) is 11.4 Å². The van der Waals surface area contributed by atoms with Crippen molar-refractivity contribution in [3.63, 3.8) is 0 Å². The van der Waals surface area contributed by atoms with Crippen molar-refractivity contribution in [3.05, 3.63) is 36.0 Å². The van der Waals surface area contributed by atoms with Gasteiger partial charge in [-0.15, -0.1) is 0 Å². The molecule has 108 valence electrons. The molecule has 1 aromatic heterocycles. The molecule has 0 unspecified atom stereocenters. The average molecular weight is 283 g/mol. The van der Waals surface area contributed by atoms with E-state index >= 15 is 0 Å². The van der Waals surface area contributed by atoms with Crippen molar-refractivity contribution in [3.8, 4) is 6.07 Å². The van der Waals surface area contributed by atoms with Crippen LogP contribution in [0, 0.1) is 11.3 Å². The summed E-state index contributed by atoms with van der Waals surface area (Å²) in [5.41, 5.74) is 1.48. The highest BCUT2D eigenvalue weighted by atomic mass is 16.4. The first-order chi connectivity index (χ1) is 10.0. The van der Waals surface area contributed by atoms with Crippen LogP contribution in [0.25, 0.3) is 10.9 Å². The van der Waals surface area contributed by atoms with Crippen LogP contribution in [0.2, 0.25) is 0 Å². The number of carboxylic acids is 1. The minimum atomic E-state index is -1.05. The fraction of sp³-hybridized carbons (Fsp3) is 0.312. The third-order valence-corrected chi connectivity index (χ3v) is 3.31. The van der Waals surface area contributed by atoms with E-state index in [-0.39, 0.29) is 11.7 Å². The highest BCUT2D eigenvalue weighted by Gasteiger charge is 2.17. The second-order valence-corrected chi connectivity index (χ2v) is 5.04. The first-order valence-electron chi connectivity index (χ1n) is 6.81. The summed E-state index contributed by atoms with van der Waals surface area (Å²) in [5, 5.41) is 18.9. The van der Waals surface area contributed by atoms with Gasteiger partial charge in [-0.1, -0.05) is 18.2 Å². The number of hydrogen-bond acceptors (Lipinski definition) is 4. The lowest BCUT2D eigenvalue weighted by atomic mass is 10.1. The lowest BCUT2D eigenvalue weighted by molar-refractivity contribution is 0.0691. The van der Waals surface area contributed by atoms with Crippen LogP contribution in [0.15, 0.2) is 30.3 Å². The van der Waals surface area contributed by atoms with E-state index in [2.05, 4.69) is 11.1 Å². The van der Waals surface area contributed by atoms with Crippen molar-refractivity contribution in [2.45, 2.75) is 26.3 Å². The molecular weight excluding hydrogens is 266 g/mol. The Kier molecular flexibility index (Phi) is 4.39. The minimum Gasteiger partial charge on any atom is -0.477 e. The minimum absolute atomic E-state index is 0.0197. The molecule has 0 atom stereocenters. The summed E-state index contributed by atoms with van der Waals surface area (Å²) in [4.78, 5) is 17.5. The average Bonchev–Trinajstić information content (AvgIpc) is 2.46. The number of carbonyl (C=O) groups is 1. The lowest BCUT2D eigenvalue weighted by Crippen LogP contribution is -2.32. The highest BCUT2D eigenvalue weighted by molar-refractivity contribution is 5.97. The van der Waals surface area contributed by atoms with E-state index in [0.717, 1.165) is 11.1 Å². The Labute approximate surface area is 123 Å². The molecule has 0 bridgehead atoms. The number of nitrogens with zero attached hydrogens (tertiary/aromatic N) is 3. The van der Waals surface area contributed by atoms with E-state index in [1.807, 2.05) is 36.9 Å². The number of carboxylic acid groups (broad SMARTS) is 1. The molecule has 0 spiro atoms. The number of rotatable bonds is 5. The number of nitriles is 1. The van der Waals surface area contributed by atoms with Gasteiger partial charge in [0.15, 0.2) is 5.69 Å². The Morgan fingerprint density at radius 3 is 2.76 bits per heavy atom. The molecule has 2 rings (SSSR count). The van der Waals surface area contributed by atoms with Gasteiger partial charge in [-0.3, -0.25) is 0 Å². The summed E-state index contributed by atoms with van der Waals surface area (Å²) in [7, 11) is 0. The van der Waals surface area contributed by atoms with E-state index in [0.29, 0.717) is 18.5 Å². The Morgan fingerprint density at radius 2 is 2.14 bits per heavy atom. The summed E-state index contributed by atoms with van der Waals surface area (Å²) in [6, 6.07) is 11.3. The summed E-state index contributed by atoms with van der Waals surface area (Å²) in [5.74, 6) is -1.05. The number of para-hydroxylation sites is 1. The molecule has 0 aliphatic heterocycles. The Bertz CT molecular complexity index is 704. The molecule has 0 aliphatic rings. The van der Waals surface area contributed by atoms with E-state index in [4.69, 9.17) is 5.26 Å². The number of aromatic carboxylic acids is 1.